The van der Waals surface area contributed by atoms with E-state index in [2.05, 4.69) is 17.1 Å². The molecule has 0 saturated carbocycles. The second kappa shape index (κ2) is 7.21. The van der Waals surface area contributed by atoms with E-state index in [9.17, 15) is 4.79 Å². The maximum absolute atomic E-state index is 12.2. The van der Waals surface area contributed by atoms with Gasteiger partial charge in [0.15, 0.2) is 0 Å². The molecule has 3 rings (SSSR count). The Kier molecular flexibility index (Phi) is 5.02. The van der Waals surface area contributed by atoms with Gasteiger partial charge in [-0.05, 0) is 55.3 Å². The minimum atomic E-state index is -0.616. The lowest BCUT2D eigenvalue weighted by molar-refractivity contribution is 0.0726. The molecule has 0 radical (unpaired) electrons. The first-order chi connectivity index (χ1) is 11.9. The molecule has 25 heavy (non-hydrogen) atoms. The van der Waals surface area contributed by atoms with E-state index >= 15 is 0 Å². The summed E-state index contributed by atoms with van der Waals surface area (Å²) in [6.07, 6.45) is 0. The summed E-state index contributed by atoms with van der Waals surface area (Å²) >= 11 is 11.8. The van der Waals surface area contributed by atoms with E-state index in [-0.39, 0.29) is 16.5 Å². The highest BCUT2D eigenvalue weighted by molar-refractivity contribution is 6.36. The first-order valence-electron chi connectivity index (χ1n) is 7.52. The number of carbonyl (C=O) groups is 1. The van der Waals surface area contributed by atoms with Crippen molar-refractivity contribution in [2.75, 3.05) is 0 Å². The molecule has 0 aliphatic rings. The van der Waals surface area contributed by atoms with E-state index in [0.29, 0.717) is 10.7 Å². The van der Waals surface area contributed by atoms with Gasteiger partial charge in [0.2, 0.25) is 5.88 Å². The van der Waals surface area contributed by atoms with Crippen molar-refractivity contribution < 1.29 is 9.53 Å². The Balaban J connectivity index is 1.78. The number of rotatable bonds is 3. The van der Waals surface area contributed by atoms with Gasteiger partial charge in [0.25, 0.3) is 0 Å². The lowest BCUT2D eigenvalue weighted by Gasteiger charge is -2.07. The maximum atomic E-state index is 12.2. The molecule has 0 unspecified atom stereocenters. The first kappa shape index (κ1) is 17.4. The summed E-state index contributed by atoms with van der Waals surface area (Å²) in [5.41, 5.74) is 4.25. The van der Waals surface area contributed by atoms with E-state index in [1.54, 1.807) is 18.2 Å². The Morgan fingerprint density at radius 3 is 2.36 bits per heavy atom. The van der Waals surface area contributed by atoms with Crippen LogP contribution in [0.2, 0.25) is 10.0 Å². The van der Waals surface area contributed by atoms with Gasteiger partial charge in [-0.3, -0.25) is 0 Å². The van der Waals surface area contributed by atoms with Crippen molar-refractivity contribution >= 4 is 29.2 Å². The largest absolute Gasteiger partial charge is 0.402 e. The second-order valence-corrected chi connectivity index (χ2v) is 6.41. The lowest BCUT2D eigenvalue weighted by Crippen LogP contribution is -2.10. The maximum Gasteiger partial charge on any atom is 0.346 e. The average molecular weight is 373 g/mol. The van der Waals surface area contributed by atoms with Gasteiger partial charge in [-0.15, -0.1) is 10.2 Å². The first-order valence-corrected chi connectivity index (χ1v) is 8.28. The van der Waals surface area contributed by atoms with Crippen LogP contribution in [0, 0.1) is 13.8 Å². The second-order valence-electron chi connectivity index (χ2n) is 5.57. The highest BCUT2D eigenvalue weighted by atomic mass is 35.5. The smallest absolute Gasteiger partial charge is 0.346 e. The number of hydrogen-bond acceptors (Lipinski definition) is 4. The minimum Gasteiger partial charge on any atom is -0.402 e. The molecule has 0 aliphatic carbocycles. The number of aromatic nitrogens is 2. The fourth-order valence-electron chi connectivity index (χ4n) is 2.23. The molecule has 0 saturated heterocycles. The number of hydrogen-bond donors (Lipinski definition) is 0. The molecular formula is C19H14Cl2N2O2. The van der Waals surface area contributed by atoms with Crippen molar-refractivity contribution in [3.63, 3.8) is 0 Å². The summed E-state index contributed by atoms with van der Waals surface area (Å²) < 4.78 is 5.21. The summed E-state index contributed by atoms with van der Waals surface area (Å²) in [5.74, 6) is -0.515. The van der Waals surface area contributed by atoms with Crippen molar-refractivity contribution in [1.82, 2.24) is 10.2 Å². The fourth-order valence-corrected chi connectivity index (χ4v) is 2.72. The van der Waals surface area contributed by atoms with Crippen LogP contribution in [-0.2, 0) is 0 Å². The molecule has 4 nitrogen and oxygen atoms in total. The molecule has 0 fully saturated rings. The zero-order valence-electron chi connectivity index (χ0n) is 13.6. The normalized spacial score (nSPS) is 10.6. The number of aryl methyl sites for hydroxylation is 2. The molecule has 126 valence electrons. The van der Waals surface area contributed by atoms with Crippen LogP contribution in [0.1, 0.15) is 21.5 Å². The summed E-state index contributed by atoms with van der Waals surface area (Å²) in [4.78, 5) is 12.2. The Hall–Kier alpha value is -2.43. The zero-order valence-corrected chi connectivity index (χ0v) is 15.1. The quantitative estimate of drug-likeness (QED) is 0.586. The number of halogens is 2. The van der Waals surface area contributed by atoms with E-state index in [0.717, 1.165) is 5.56 Å². The number of benzene rings is 2. The molecule has 0 spiro atoms. The van der Waals surface area contributed by atoms with E-state index in [1.807, 2.05) is 25.1 Å². The van der Waals surface area contributed by atoms with Crippen molar-refractivity contribution in [3.8, 4) is 17.1 Å². The minimum absolute atomic E-state index is 0.101. The van der Waals surface area contributed by atoms with Gasteiger partial charge in [0, 0.05) is 16.7 Å². The highest BCUT2D eigenvalue weighted by Crippen LogP contribution is 2.23. The average Bonchev–Trinajstić information content (AvgIpc) is 2.58. The van der Waals surface area contributed by atoms with Crippen molar-refractivity contribution in [1.29, 1.82) is 0 Å². The van der Waals surface area contributed by atoms with Crippen LogP contribution in [0.5, 0.6) is 5.88 Å². The molecule has 2 aromatic carbocycles. The molecule has 0 N–H and O–H groups in total. The number of carbonyl (C=O) groups excluding carboxylic acids is 1. The van der Waals surface area contributed by atoms with Crippen molar-refractivity contribution in [2.24, 2.45) is 0 Å². The van der Waals surface area contributed by atoms with Crippen LogP contribution < -0.4 is 4.74 Å². The molecule has 1 heterocycles. The lowest BCUT2D eigenvalue weighted by atomic mass is 10.0. The third-order valence-electron chi connectivity index (χ3n) is 3.79. The van der Waals surface area contributed by atoms with Crippen LogP contribution in [0.4, 0.5) is 0 Å². The van der Waals surface area contributed by atoms with Gasteiger partial charge in [0.05, 0.1) is 16.3 Å². The van der Waals surface area contributed by atoms with Crippen LogP contribution in [0.15, 0.2) is 48.5 Å². The monoisotopic (exact) mass is 372 g/mol. The highest BCUT2D eigenvalue weighted by Gasteiger charge is 2.14. The predicted octanol–water partition coefficient (Wildman–Crippen LogP) is 5.29. The Morgan fingerprint density at radius 1 is 0.920 bits per heavy atom. The van der Waals surface area contributed by atoms with E-state index < -0.39 is 5.97 Å². The third-order valence-corrected chi connectivity index (χ3v) is 4.34. The molecule has 0 aliphatic heterocycles. The van der Waals surface area contributed by atoms with Gasteiger partial charge < -0.3 is 4.74 Å². The van der Waals surface area contributed by atoms with Gasteiger partial charge in [0.1, 0.15) is 0 Å². The van der Waals surface area contributed by atoms with Crippen LogP contribution in [0.3, 0.4) is 0 Å². The van der Waals surface area contributed by atoms with Gasteiger partial charge >= 0.3 is 5.97 Å². The molecule has 6 heteroatoms. The summed E-state index contributed by atoms with van der Waals surface area (Å²) in [5, 5.41) is 8.74. The van der Waals surface area contributed by atoms with E-state index in [4.69, 9.17) is 27.9 Å². The molecule has 0 amide bonds. The molecule has 3 aromatic rings. The van der Waals surface area contributed by atoms with Crippen LogP contribution >= 0.6 is 23.2 Å². The molecule has 1 aromatic heterocycles. The summed E-state index contributed by atoms with van der Waals surface area (Å²) in [6, 6.07) is 14.0. The van der Waals surface area contributed by atoms with E-state index in [1.165, 1.54) is 23.3 Å². The molecule has 0 atom stereocenters. The third kappa shape index (κ3) is 3.98. The Labute approximate surface area is 155 Å². The topological polar surface area (TPSA) is 52.1 Å². The SMILES string of the molecule is Cc1ccc(-c2ccc(OC(=O)c3ccc(Cl)cc3Cl)nn2)cc1C. The Morgan fingerprint density at radius 2 is 1.72 bits per heavy atom. The predicted molar refractivity (Wildman–Crippen MR) is 98.4 cm³/mol. The number of ether oxygens (including phenoxy) is 1. The van der Waals surface area contributed by atoms with Crippen molar-refractivity contribution in [3.05, 3.63) is 75.3 Å². The zero-order chi connectivity index (χ0) is 18.0. The van der Waals surface area contributed by atoms with Gasteiger partial charge in [-0.1, -0.05) is 35.3 Å². The number of nitrogens with zero attached hydrogens (tertiary/aromatic N) is 2. The summed E-state index contributed by atoms with van der Waals surface area (Å²) in [7, 11) is 0. The summed E-state index contributed by atoms with van der Waals surface area (Å²) in [6.45, 7) is 4.09. The molecular weight excluding hydrogens is 359 g/mol. The fraction of sp³-hybridized carbons (Fsp3) is 0.105. The van der Waals surface area contributed by atoms with Gasteiger partial charge in [-0.25, -0.2) is 4.79 Å². The Bertz CT molecular complexity index is 941. The van der Waals surface area contributed by atoms with Crippen molar-refractivity contribution in [2.45, 2.75) is 13.8 Å². The van der Waals surface area contributed by atoms with Crippen LogP contribution in [-0.4, -0.2) is 16.2 Å². The molecule has 0 bridgehead atoms. The van der Waals surface area contributed by atoms with Crippen LogP contribution in [0.25, 0.3) is 11.3 Å². The standard InChI is InChI=1S/C19H14Cl2N2O2/c1-11-3-4-13(9-12(11)2)17-7-8-18(23-22-17)25-19(24)15-6-5-14(20)10-16(15)21/h3-10H,1-2H3. The number of esters is 1. The van der Waals surface area contributed by atoms with Gasteiger partial charge in [-0.2, -0.15) is 0 Å².